The van der Waals surface area contributed by atoms with Crippen LogP contribution in [0.4, 0.5) is 0 Å². The second-order valence-corrected chi connectivity index (χ2v) is 7.15. The highest BCUT2D eigenvalue weighted by Crippen LogP contribution is 2.26. The number of carbonyl (C=O) groups is 1. The number of fused-ring (bicyclic) bond motifs is 3. The number of nitrogens with zero attached hydrogens (tertiary/aromatic N) is 5. The Morgan fingerprint density at radius 3 is 2.39 bits per heavy atom. The van der Waals surface area contributed by atoms with Crippen molar-refractivity contribution in [1.82, 2.24) is 23.1 Å². The maximum Gasteiger partial charge on any atom is 0.332 e. The summed E-state index contributed by atoms with van der Waals surface area (Å²) in [4.78, 5) is 42.0. The number of rotatable bonds is 3. The van der Waals surface area contributed by atoms with E-state index in [9.17, 15) is 14.4 Å². The first-order chi connectivity index (χ1) is 13.2. The van der Waals surface area contributed by atoms with Gasteiger partial charge in [0.05, 0.1) is 12.2 Å². The predicted molar refractivity (Wildman–Crippen MR) is 106 cm³/mol. The van der Waals surface area contributed by atoms with Gasteiger partial charge in [-0.15, -0.1) is 0 Å². The molecule has 0 unspecified atom stereocenters. The molecule has 28 heavy (non-hydrogen) atoms. The minimum Gasteiger partial charge on any atom is -0.298 e. The maximum atomic E-state index is 13.1. The van der Waals surface area contributed by atoms with Crippen LogP contribution in [0.5, 0.6) is 0 Å². The van der Waals surface area contributed by atoms with Gasteiger partial charge in [-0.3, -0.25) is 27.7 Å². The van der Waals surface area contributed by atoms with Crippen molar-refractivity contribution in [2.75, 3.05) is 0 Å². The molecule has 0 saturated heterocycles. The van der Waals surface area contributed by atoms with E-state index in [0.717, 1.165) is 27.2 Å². The van der Waals surface area contributed by atoms with Gasteiger partial charge in [-0.25, -0.2) is 4.79 Å². The number of ketones is 1. The van der Waals surface area contributed by atoms with Crippen LogP contribution in [0.2, 0.25) is 0 Å². The Morgan fingerprint density at radius 1 is 1.07 bits per heavy atom. The fourth-order valence-corrected chi connectivity index (χ4v) is 3.72. The van der Waals surface area contributed by atoms with Crippen molar-refractivity contribution in [3.8, 4) is 5.69 Å². The molecule has 8 heteroatoms. The first-order valence-corrected chi connectivity index (χ1v) is 8.99. The molecule has 0 atom stereocenters. The van der Waals surface area contributed by atoms with Crippen LogP contribution in [0, 0.1) is 20.8 Å². The van der Waals surface area contributed by atoms with Crippen molar-refractivity contribution in [1.29, 1.82) is 0 Å². The standard InChI is InChI=1S/C20H21N5O3/c1-11-8-6-7-9-15(11)24-13(3)14(4)25-16-17(21-19(24)25)22(5)20(28)23(18(16)27)10-12(2)26/h6-9H,10H2,1-5H3. The lowest BCUT2D eigenvalue weighted by Crippen LogP contribution is -2.40. The van der Waals surface area contributed by atoms with Gasteiger partial charge in [-0.05, 0) is 39.3 Å². The molecule has 1 aromatic carbocycles. The smallest absolute Gasteiger partial charge is 0.298 e. The number of Topliss-reactive ketones (excluding diaryl/α,β-unsaturated/α-hetero) is 1. The maximum absolute atomic E-state index is 13.1. The zero-order valence-corrected chi connectivity index (χ0v) is 16.5. The Hall–Kier alpha value is -3.42. The van der Waals surface area contributed by atoms with E-state index in [1.807, 2.05) is 49.6 Å². The molecule has 0 saturated carbocycles. The van der Waals surface area contributed by atoms with Gasteiger partial charge in [-0.2, -0.15) is 4.98 Å². The van der Waals surface area contributed by atoms with Crippen LogP contribution in [0.15, 0.2) is 33.9 Å². The molecule has 3 heterocycles. The van der Waals surface area contributed by atoms with E-state index >= 15 is 0 Å². The third-order valence-electron chi connectivity index (χ3n) is 5.26. The van der Waals surface area contributed by atoms with Gasteiger partial charge in [0.15, 0.2) is 11.2 Å². The summed E-state index contributed by atoms with van der Waals surface area (Å²) < 4.78 is 6.06. The molecule has 0 radical (unpaired) electrons. The Balaban J connectivity index is 2.22. The van der Waals surface area contributed by atoms with Crippen LogP contribution >= 0.6 is 0 Å². The van der Waals surface area contributed by atoms with E-state index in [-0.39, 0.29) is 12.3 Å². The summed E-state index contributed by atoms with van der Waals surface area (Å²) in [6.07, 6.45) is 0. The second kappa shape index (κ2) is 6.05. The molecule has 144 valence electrons. The molecule has 0 amide bonds. The summed E-state index contributed by atoms with van der Waals surface area (Å²) in [5, 5.41) is 0. The summed E-state index contributed by atoms with van der Waals surface area (Å²) in [5.74, 6) is 0.302. The van der Waals surface area contributed by atoms with Crippen LogP contribution < -0.4 is 11.2 Å². The molecule has 0 aliphatic rings. The fraction of sp³-hybridized carbons (Fsp3) is 0.300. The summed E-state index contributed by atoms with van der Waals surface area (Å²) in [6.45, 7) is 6.99. The first kappa shape index (κ1) is 18.0. The molecule has 3 aromatic heterocycles. The van der Waals surface area contributed by atoms with Crippen molar-refractivity contribution in [2.45, 2.75) is 34.2 Å². The number of benzene rings is 1. The SMILES string of the molecule is CC(=O)Cn1c(=O)c2c(nc3n(-c4ccccc4C)c(C)c(C)n23)n(C)c1=O. The quantitative estimate of drug-likeness (QED) is 0.542. The molecular formula is C20H21N5O3. The number of carbonyl (C=O) groups excluding carboxylic acids is 1. The van der Waals surface area contributed by atoms with E-state index in [0.29, 0.717) is 16.9 Å². The zero-order valence-electron chi connectivity index (χ0n) is 16.5. The third-order valence-corrected chi connectivity index (χ3v) is 5.26. The van der Waals surface area contributed by atoms with Crippen molar-refractivity contribution in [3.05, 3.63) is 62.1 Å². The molecule has 8 nitrogen and oxygen atoms in total. The van der Waals surface area contributed by atoms with Crippen molar-refractivity contribution < 1.29 is 4.79 Å². The molecule has 0 aliphatic carbocycles. The van der Waals surface area contributed by atoms with Gasteiger partial charge in [-0.1, -0.05) is 18.2 Å². The van der Waals surface area contributed by atoms with E-state index in [2.05, 4.69) is 4.98 Å². The third kappa shape index (κ3) is 2.30. The van der Waals surface area contributed by atoms with Gasteiger partial charge in [0.25, 0.3) is 5.56 Å². The second-order valence-electron chi connectivity index (χ2n) is 7.15. The molecule has 0 N–H and O–H groups in total. The highest BCUT2D eigenvalue weighted by molar-refractivity contribution is 5.79. The first-order valence-electron chi connectivity index (χ1n) is 8.99. The Morgan fingerprint density at radius 2 is 1.75 bits per heavy atom. The van der Waals surface area contributed by atoms with Crippen molar-refractivity contribution >= 4 is 22.7 Å². The van der Waals surface area contributed by atoms with E-state index in [4.69, 9.17) is 0 Å². The molecule has 0 spiro atoms. The topological polar surface area (TPSA) is 83.3 Å². The molecule has 4 aromatic rings. The lowest BCUT2D eigenvalue weighted by molar-refractivity contribution is -0.117. The monoisotopic (exact) mass is 379 g/mol. The van der Waals surface area contributed by atoms with Gasteiger partial charge in [0, 0.05) is 18.4 Å². The minimum atomic E-state index is -0.551. The van der Waals surface area contributed by atoms with Crippen LogP contribution in [-0.2, 0) is 18.4 Å². The lowest BCUT2D eigenvalue weighted by atomic mass is 10.2. The van der Waals surface area contributed by atoms with Gasteiger partial charge < -0.3 is 0 Å². The van der Waals surface area contributed by atoms with Crippen LogP contribution in [0.3, 0.4) is 0 Å². The van der Waals surface area contributed by atoms with Gasteiger partial charge in [0.2, 0.25) is 5.78 Å². The minimum absolute atomic E-state index is 0.259. The van der Waals surface area contributed by atoms with Crippen LogP contribution in [-0.4, -0.2) is 28.9 Å². The summed E-state index contributed by atoms with van der Waals surface area (Å²) >= 11 is 0. The number of imidazole rings is 2. The van der Waals surface area contributed by atoms with Crippen molar-refractivity contribution in [3.63, 3.8) is 0 Å². The van der Waals surface area contributed by atoms with E-state index in [1.54, 1.807) is 11.4 Å². The zero-order chi connectivity index (χ0) is 20.3. The summed E-state index contributed by atoms with van der Waals surface area (Å²) in [5.41, 5.74) is 3.37. The largest absolute Gasteiger partial charge is 0.332 e. The molecule has 0 aliphatic heterocycles. The van der Waals surface area contributed by atoms with Crippen LogP contribution in [0.25, 0.3) is 22.6 Å². The normalized spacial score (nSPS) is 11.6. The Kier molecular flexibility index (Phi) is 3.88. The number of aromatic nitrogens is 5. The van der Waals surface area contributed by atoms with E-state index in [1.165, 1.54) is 11.5 Å². The predicted octanol–water partition coefficient (Wildman–Crippen LogP) is 1.65. The lowest BCUT2D eigenvalue weighted by Gasteiger charge is -2.09. The average molecular weight is 379 g/mol. The van der Waals surface area contributed by atoms with Crippen molar-refractivity contribution in [2.24, 2.45) is 7.05 Å². The average Bonchev–Trinajstić information content (AvgIpc) is 3.14. The highest BCUT2D eigenvalue weighted by Gasteiger charge is 2.23. The Labute approximate surface area is 160 Å². The molecule has 4 rings (SSSR count). The summed E-state index contributed by atoms with van der Waals surface area (Å²) in [7, 11) is 1.56. The van der Waals surface area contributed by atoms with Gasteiger partial charge >= 0.3 is 5.69 Å². The number of para-hydroxylation sites is 1. The number of hydrogen-bond donors (Lipinski definition) is 0. The van der Waals surface area contributed by atoms with E-state index < -0.39 is 11.2 Å². The molecule has 0 bridgehead atoms. The highest BCUT2D eigenvalue weighted by atomic mass is 16.2. The molecule has 0 fully saturated rings. The van der Waals surface area contributed by atoms with Gasteiger partial charge in [0.1, 0.15) is 5.78 Å². The number of hydrogen-bond acceptors (Lipinski definition) is 4. The molecular weight excluding hydrogens is 358 g/mol. The van der Waals surface area contributed by atoms with Crippen LogP contribution in [0.1, 0.15) is 23.9 Å². The Bertz CT molecular complexity index is 1400. The summed E-state index contributed by atoms with van der Waals surface area (Å²) in [6, 6.07) is 7.92. The fourth-order valence-electron chi connectivity index (χ4n) is 3.72. The number of aryl methyl sites for hydroxylation is 3.